The van der Waals surface area contributed by atoms with Crippen LogP contribution in [0.15, 0.2) is 64.0 Å². The number of hydrogen-bond acceptors (Lipinski definition) is 3. The third kappa shape index (κ3) is 5.59. The number of nitrogens with one attached hydrogen (secondary N) is 1. The summed E-state index contributed by atoms with van der Waals surface area (Å²) in [5.74, 6) is 0.538. The number of amides is 1. The van der Waals surface area contributed by atoms with E-state index in [0.29, 0.717) is 12.3 Å². The van der Waals surface area contributed by atoms with Gasteiger partial charge in [-0.25, -0.2) is 0 Å². The van der Waals surface area contributed by atoms with Crippen molar-refractivity contribution in [1.29, 1.82) is 0 Å². The van der Waals surface area contributed by atoms with Crippen molar-refractivity contribution in [2.75, 3.05) is 25.4 Å². The minimum absolute atomic E-state index is 0.0908. The topological polar surface area (TPSA) is 32.3 Å². The molecule has 0 bridgehead atoms. The average molecular weight is 419 g/mol. The van der Waals surface area contributed by atoms with Crippen molar-refractivity contribution in [1.82, 2.24) is 10.2 Å². The summed E-state index contributed by atoms with van der Waals surface area (Å²) in [5, 5.41) is 3.13. The summed E-state index contributed by atoms with van der Waals surface area (Å²) in [6.45, 7) is 2.90. The van der Waals surface area contributed by atoms with Gasteiger partial charge in [0, 0.05) is 15.9 Å². The van der Waals surface area contributed by atoms with Crippen LogP contribution in [0.2, 0.25) is 0 Å². The van der Waals surface area contributed by atoms with Gasteiger partial charge in [0.05, 0.1) is 11.8 Å². The van der Waals surface area contributed by atoms with Crippen molar-refractivity contribution in [3.05, 3.63) is 64.6 Å². The van der Waals surface area contributed by atoms with Crippen molar-refractivity contribution in [3.8, 4) is 0 Å². The molecule has 0 aromatic heterocycles. The number of likely N-dealkylation sites (tertiary alicyclic amines) is 1. The zero-order valence-corrected chi connectivity index (χ0v) is 16.6. The summed E-state index contributed by atoms with van der Waals surface area (Å²) >= 11 is 5.00. The summed E-state index contributed by atoms with van der Waals surface area (Å²) in [6, 6.07) is 18.8. The number of carbonyl (C=O) groups excluding carboxylic acids is 1. The van der Waals surface area contributed by atoms with Gasteiger partial charge in [-0.3, -0.25) is 9.69 Å². The van der Waals surface area contributed by atoms with Gasteiger partial charge in [0.25, 0.3) is 0 Å². The first-order valence-electron chi connectivity index (χ1n) is 8.66. The standard InChI is InChI=1S/C20H23BrN2OS/c21-17-8-10-18(11-9-17)25-15-20(24)22-14-19(23-12-4-5-13-23)16-6-2-1-3-7-16/h1-3,6-11,19H,4-5,12-15H2,(H,22,24)/t19-/m1/s1. The van der Waals surface area contributed by atoms with Gasteiger partial charge in [0.1, 0.15) is 0 Å². The second-order valence-electron chi connectivity index (χ2n) is 6.22. The summed E-state index contributed by atoms with van der Waals surface area (Å²) < 4.78 is 1.05. The Balaban J connectivity index is 1.53. The van der Waals surface area contributed by atoms with Gasteiger partial charge >= 0.3 is 0 Å². The average Bonchev–Trinajstić information content (AvgIpc) is 3.17. The van der Waals surface area contributed by atoms with E-state index in [1.807, 2.05) is 30.3 Å². The third-order valence-corrected chi connectivity index (χ3v) is 5.98. The summed E-state index contributed by atoms with van der Waals surface area (Å²) in [5.41, 5.74) is 1.28. The van der Waals surface area contributed by atoms with Crippen molar-refractivity contribution in [2.24, 2.45) is 0 Å². The molecule has 1 atom stereocenters. The number of rotatable bonds is 7. The Morgan fingerprint density at radius 1 is 1.08 bits per heavy atom. The van der Waals surface area contributed by atoms with Crippen LogP contribution in [0.4, 0.5) is 0 Å². The number of carbonyl (C=O) groups is 1. The van der Waals surface area contributed by atoms with E-state index < -0.39 is 0 Å². The Morgan fingerprint density at radius 2 is 1.76 bits per heavy atom. The van der Waals surface area contributed by atoms with Crippen molar-refractivity contribution < 1.29 is 4.79 Å². The van der Waals surface area contributed by atoms with Crippen LogP contribution in [0.1, 0.15) is 24.4 Å². The first-order chi connectivity index (χ1) is 12.2. The van der Waals surface area contributed by atoms with Gasteiger partial charge in [0.2, 0.25) is 5.91 Å². The summed E-state index contributed by atoms with van der Waals surface area (Å²) in [7, 11) is 0. The van der Waals surface area contributed by atoms with E-state index in [-0.39, 0.29) is 11.9 Å². The van der Waals surface area contributed by atoms with Gasteiger partial charge in [-0.1, -0.05) is 46.3 Å². The van der Waals surface area contributed by atoms with Crippen LogP contribution in [0.5, 0.6) is 0 Å². The van der Waals surface area contributed by atoms with Crippen LogP contribution in [-0.4, -0.2) is 36.2 Å². The molecule has 1 saturated heterocycles. The molecule has 2 aromatic carbocycles. The van der Waals surface area contributed by atoms with Gasteiger partial charge in [-0.2, -0.15) is 0 Å². The van der Waals surface area contributed by atoms with Crippen LogP contribution in [0.25, 0.3) is 0 Å². The van der Waals surface area contributed by atoms with E-state index >= 15 is 0 Å². The van der Waals surface area contributed by atoms with Gasteiger partial charge in [-0.15, -0.1) is 11.8 Å². The fourth-order valence-corrected chi connectivity index (χ4v) is 4.12. The van der Waals surface area contributed by atoms with Crippen LogP contribution in [0, 0.1) is 0 Å². The van der Waals surface area contributed by atoms with Crippen molar-refractivity contribution in [2.45, 2.75) is 23.8 Å². The third-order valence-electron chi connectivity index (χ3n) is 4.44. The molecule has 1 heterocycles. The van der Waals surface area contributed by atoms with E-state index in [0.717, 1.165) is 22.5 Å². The molecule has 0 radical (unpaired) electrons. The molecule has 1 aliphatic heterocycles. The highest BCUT2D eigenvalue weighted by molar-refractivity contribution is 9.10. The molecule has 3 nitrogen and oxygen atoms in total. The fraction of sp³-hybridized carbons (Fsp3) is 0.350. The number of benzene rings is 2. The van der Waals surface area contributed by atoms with Gasteiger partial charge < -0.3 is 5.32 Å². The Morgan fingerprint density at radius 3 is 2.44 bits per heavy atom. The first kappa shape index (κ1) is 18.5. The van der Waals surface area contributed by atoms with Crippen molar-refractivity contribution in [3.63, 3.8) is 0 Å². The van der Waals surface area contributed by atoms with Gasteiger partial charge in [0.15, 0.2) is 0 Å². The second-order valence-corrected chi connectivity index (χ2v) is 8.18. The summed E-state index contributed by atoms with van der Waals surface area (Å²) in [6.07, 6.45) is 2.49. The SMILES string of the molecule is O=C(CSc1ccc(Br)cc1)NC[C@H](c1ccccc1)N1CCCC1. The molecule has 1 fully saturated rings. The predicted octanol–water partition coefficient (Wildman–Crippen LogP) is 4.49. The van der Waals surface area contributed by atoms with E-state index in [4.69, 9.17) is 0 Å². The molecule has 1 N–H and O–H groups in total. The van der Waals surface area contributed by atoms with Gasteiger partial charge in [-0.05, 0) is 55.8 Å². The Hall–Kier alpha value is -1.30. The number of halogens is 1. The Bertz CT molecular complexity index is 672. The molecule has 0 aliphatic carbocycles. The molecule has 3 rings (SSSR count). The molecular weight excluding hydrogens is 396 g/mol. The maximum Gasteiger partial charge on any atom is 0.230 e. The molecule has 132 valence electrons. The molecule has 2 aromatic rings. The number of hydrogen-bond donors (Lipinski definition) is 1. The predicted molar refractivity (Wildman–Crippen MR) is 108 cm³/mol. The van der Waals surface area contributed by atoms with Crippen LogP contribution >= 0.6 is 27.7 Å². The molecule has 0 unspecified atom stereocenters. The molecule has 1 aliphatic rings. The number of thioether (sulfide) groups is 1. The highest BCUT2D eigenvalue weighted by Gasteiger charge is 2.23. The van der Waals surface area contributed by atoms with E-state index in [1.165, 1.54) is 18.4 Å². The number of nitrogens with zero attached hydrogens (tertiary/aromatic N) is 1. The van der Waals surface area contributed by atoms with E-state index in [9.17, 15) is 4.79 Å². The first-order valence-corrected chi connectivity index (χ1v) is 10.4. The lowest BCUT2D eigenvalue weighted by molar-refractivity contribution is -0.118. The van der Waals surface area contributed by atoms with Crippen molar-refractivity contribution >= 4 is 33.6 Å². The summed E-state index contributed by atoms with van der Waals surface area (Å²) in [4.78, 5) is 15.9. The molecular formula is C20H23BrN2OS. The Labute approximate surface area is 162 Å². The van der Waals surface area contributed by atoms with Crippen LogP contribution in [-0.2, 0) is 4.79 Å². The minimum atomic E-state index is 0.0908. The molecule has 1 amide bonds. The second kappa shape index (κ2) is 9.41. The Kier molecular flexibility index (Phi) is 6.96. The molecule has 25 heavy (non-hydrogen) atoms. The maximum absolute atomic E-state index is 12.3. The lowest BCUT2D eigenvalue weighted by Gasteiger charge is -2.28. The smallest absolute Gasteiger partial charge is 0.230 e. The molecule has 0 spiro atoms. The lowest BCUT2D eigenvalue weighted by atomic mass is 10.1. The van der Waals surface area contributed by atoms with Crippen LogP contribution in [0.3, 0.4) is 0 Å². The van der Waals surface area contributed by atoms with E-state index in [2.05, 4.69) is 50.4 Å². The monoisotopic (exact) mass is 418 g/mol. The zero-order valence-electron chi connectivity index (χ0n) is 14.2. The zero-order chi connectivity index (χ0) is 17.5. The molecule has 0 saturated carbocycles. The molecule has 5 heteroatoms. The largest absolute Gasteiger partial charge is 0.353 e. The van der Waals surface area contributed by atoms with Crippen LogP contribution < -0.4 is 5.32 Å². The highest BCUT2D eigenvalue weighted by atomic mass is 79.9. The quantitative estimate of drug-likeness (QED) is 0.671. The van der Waals surface area contributed by atoms with E-state index in [1.54, 1.807) is 11.8 Å². The minimum Gasteiger partial charge on any atom is -0.353 e. The normalized spacial score (nSPS) is 15.9. The maximum atomic E-state index is 12.3. The highest BCUT2D eigenvalue weighted by Crippen LogP contribution is 2.25. The lowest BCUT2D eigenvalue weighted by Crippen LogP contribution is -2.37. The fourth-order valence-electron chi connectivity index (χ4n) is 3.13.